The minimum Gasteiger partial charge on any atom is -0.397 e. The van der Waals surface area contributed by atoms with Crippen molar-refractivity contribution in [2.45, 2.75) is 26.3 Å². The summed E-state index contributed by atoms with van der Waals surface area (Å²) in [5.74, 6) is 0.795. The third-order valence-corrected chi connectivity index (χ3v) is 3.59. The van der Waals surface area contributed by atoms with Crippen LogP contribution in [0.1, 0.15) is 18.7 Å². The quantitative estimate of drug-likeness (QED) is 0.826. The molecule has 0 bridgehead atoms. The molecule has 0 aliphatic heterocycles. The fourth-order valence-electron chi connectivity index (χ4n) is 1.98. The van der Waals surface area contributed by atoms with Gasteiger partial charge in [-0.15, -0.1) is 0 Å². The molecule has 0 radical (unpaired) electrons. The summed E-state index contributed by atoms with van der Waals surface area (Å²) in [6.45, 7) is 2.66. The maximum Gasteiger partial charge on any atom is 0.224 e. The molecule has 0 unspecified atom stereocenters. The summed E-state index contributed by atoms with van der Waals surface area (Å²) in [6.07, 6.45) is 4.70. The Morgan fingerprint density at radius 2 is 2.19 bits per heavy atom. The van der Waals surface area contributed by atoms with E-state index in [1.165, 1.54) is 0 Å². The van der Waals surface area contributed by atoms with E-state index in [4.69, 9.17) is 28.9 Å². The van der Waals surface area contributed by atoms with Crippen LogP contribution in [0.25, 0.3) is 0 Å². The van der Waals surface area contributed by atoms with E-state index in [-0.39, 0.29) is 5.91 Å². The zero-order valence-electron chi connectivity index (χ0n) is 11.6. The second-order valence-corrected chi connectivity index (χ2v) is 5.52. The third kappa shape index (κ3) is 4.12. The number of hydrogen-bond acceptors (Lipinski definition) is 3. The van der Waals surface area contributed by atoms with Gasteiger partial charge in [0.2, 0.25) is 5.91 Å². The second-order valence-electron chi connectivity index (χ2n) is 4.67. The molecule has 1 aromatic carbocycles. The Hall–Kier alpha value is -1.72. The van der Waals surface area contributed by atoms with Crippen molar-refractivity contribution in [2.24, 2.45) is 0 Å². The van der Waals surface area contributed by atoms with Crippen molar-refractivity contribution in [2.75, 3.05) is 11.1 Å². The number of carbonyl (C=O) groups excluding carboxylic acids is 1. The van der Waals surface area contributed by atoms with Gasteiger partial charge >= 0.3 is 0 Å². The van der Waals surface area contributed by atoms with Gasteiger partial charge in [0.25, 0.3) is 0 Å². The van der Waals surface area contributed by atoms with Crippen molar-refractivity contribution in [3.8, 4) is 0 Å². The maximum atomic E-state index is 11.9. The van der Waals surface area contributed by atoms with Gasteiger partial charge in [-0.2, -0.15) is 0 Å². The molecule has 3 N–H and O–H groups in total. The van der Waals surface area contributed by atoms with Crippen LogP contribution in [0.3, 0.4) is 0 Å². The highest BCUT2D eigenvalue weighted by atomic mass is 35.5. The van der Waals surface area contributed by atoms with Crippen molar-refractivity contribution in [1.29, 1.82) is 0 Å². The summed E-state index contributed by atoms with van der Waals surface area (Å²) >= 11 is 11.9. The molecule has 1 heterocycles. The molecule has 0 aliphatic rings. The summed E-state index contributed by atoms with van der Waals surface area (Å²) < 4.78 is 2.00. The van der Waals surface area contributed by atoms with Gasteiger partial charge in [-0.05, 0) is 25.5 Å². The number of rotatable bonds is 5. The number of nitrogens with one attached hydrogen (secondary N) is 1. The van der Waals surface area contributed by atoms with Gasteiger partial charge < -0.3 is 15.6 Å². The molecule has 0 saturated heterocycles. The second kappa shape index (κ2) is 6.83. The fourth-order valence-corrected chi connectivity index (χ4v) is 2.53. The largest absolute Gasteiger partial charge is 0.397 e. The van der Waals surface area contributed by atoms with E-state index >= 15 is 0 Å². The SMILES string of the molecule is Cc1nccn1CCCC(=O)Nc1c(N)cc(Cl)cc1Cl. The molecule has 0 fully saturated rings. The highest BCUT2D eigenvalue weighted by molar-refractivity contribution is 6.37. The lowest BCUT2D eigenvalue weighted by molar-refractivity contribution is -0.116. The van der Waals surface area contributed by atoms with Crippen LogP contribution in [-0.4, -0.2) is 15.5 Å². The maximum absolute atomic E-state index is 11.9. The number of nitrogen functional groups attached to an aromatic ring is 1. The van der Waals surface area contributed by atoms with Gasteiger partial charge in [0.05, 0.1) is 16.4 Å². The molecule has 0 aliphatic carbocycles. The van der Waals surface area contributed by atoms with Crippen LogP contribution in [-0.2, 0) is 11.3 Å². The summed E-state index contributed by atoms with van der Waals surface area (Å²) in [4.78, 5) is 16.1. The predicted molar refractivity (Wildman–Crippen MR) is 85.7 cm³/mol. The Kier molecular flexibility index (Phi) is 5.09. The Morgan fingerprint density at radius 1 is 1.43 bits per heavy atom. The molecular weight excluding hydrogens is 311 g/mol. The molecule has 7 heteroatoms. The standard InChI is InChI=1S/C14H16Cl2N4O/c1-9-18-4-6-20(9)5-2-3-13(21)19-14-11(16)7-10(15)8-12(14)17/h4,6-8H,2-3,5,17H2,1H3,(H,19,21). The zero-order chi connectivity index (χ0) is 15.4. The average molecular weight is 327 g/mol. The Labute approximate surface area is 133 Å². The number of imidazole rings is 1. The molecule has 0 saturated carbocycles. The molecule has 5 nitrogen and oxygen atoms in total. The normalized spacial score (nSPS) is 10.6. The molecule has 2 aromatic rings. The number of benzene rings is 1. The smallest absolute Gasteiger partial charge is 0.224 e. The first-order chi connectivity index (χ1) is 9.97. The number of aromatic nitrogens is 2. The summed E-state index contributed by atoms with van der Waals surface area (Å²) in [5.41, 5.74) is 6.56. The minimum absolute atomic E-state index is 0.135. The molecule has 112 valence electrons. The Bertz CT molecular complexity index is 631. The van der Waals surface area contributed by atoms with Gasteiger partial charge in [-0.1, -0.05) is 23.2 Å². The van der Waals surface area contributed by atoms with Crippen molar-refractivity contribution in [1.82, 2.24) is 9.55 Å². The fraction of sp³-hybridized carbons (Fsp3) is 0.286. The van der Waals surface area contributed by atoms with E-state index in [9.17, 15) is 4.79 Å². The van der Waals surface area contributed by atoms with Crippen LogP contribution < -0.4 is 11.1 Å². The van der Waals surface area contributed by atoms with E-state index in [2.05, 4.69) is 10.3 Å². The topological polar surface area (TPSA) is 72.9 Å². The van der Waals surface area contributed by atoms with Crippen LogP contribution in [0.2, 0.25) is 10.0 Å². The third-order valence-electron chi connectivity index (χ3n) is 3.08. The van der Waals surface area contributed by atoms with E-state index in [0.717, 1.165) is 12.4 Å². The number of carbonyl (C=O) groups is 1. The lowest BCUT2D eigenvalue weighted by Crippen LogP contribution is -2.14. The van der Waals surface area contributed by atoms with Crippen LogP contribution in [0.15, 0.2) is 24.5 Å². The molecule has 2 rings (SSSR count). The monoisotopic (exact) mass is 326 g/mol. The van der Waals surface area contributed by atoms with Crippen molar-refractivity contribution in [3.05, 3.63) is 40.4 Å². The number of nitrogens with zero attached hydrogens (tertiary/aromatic N) is 2. The van der Waals surface area contributed by atoms with E-state index in [1.54, 1.807) is 18.3 Å². The predicted octanol–water partition coefficient (Wildman–Crippen LogP) is 3.50. The Morgan fingerprint density at radius 3 is 2.81 bits per heavy atom. The molecule has 1 amide bonds. The average Bonchev–Trinajstić information content (AvgIpc) is 2.80. The first-order valence-electron chi connectivity index (χ1n) is 6.49. The molecule has 21 heavy (non-hydrogen) atoms. The van der Waals surface area contributed by atoms with Crippen LogP contribution >= 0.6 is 23.2 Å². The summed E-state index contributed by atoms with van der Waals surface area (Å²) in [6, 6.07) is 3.10. The van der Waals surface area contributed by atoms with E-state index in [1.807, 2.05) is 17.7 Å². The number of halogens is 2. The first kappa shape index (κ1) is 15.7. The van der Waals surface area contributed by atoms with Crippen LogP contribution in [0.5, 0.6) is 0 Å². The Balaban J connectivity index is 1.89. The van der Waals surface area contributed by atoms with Crippen molar-refractivity contribution >= 4 is 40.5 Å². The van der Waals surface area contributed by atoms with Crippen molar-refractivity contribution in [3.63, 3.8) is 0 Å². The lowest BCUT2D eigenvalue weighted by Gasteiger charge is -2.11. The first-order valence-corrected chi connectivity index (χ1v) is 7.25. The highest BCUT2D eigenvalue weighted by Gasteiger charge is 2.10. The van der Waals surface area contributed by atoms with Crippen LogP contribution in [0, 0.1) is 6.92 Å². The summed E-state index contributed by atoms with van der Waals surface area (Å²) in [7, 11) is 0. The van der Waals surface area contributed by atoms with Gasteiger partial charge in [-0.3, -0.25) is 4.79 Å². The molecule has 1 aromatic heterocycles. The van der Waals surface area contributed by atoms with Crippen LogP contribution in [0.4, 0.5) is 11.4 Å². The number of aryl methyl sites for hydroxylation is 2. The number of amides is 1. The molecule has 0 atom stereocenters. The number of anilines is 2. The van der Waals surface area contributed by atoms with Gasteiger partial charge in [0.1, 0.15) is 5.82 Å². The molecular formula is C14H16Cl2N4O. The van der Waals surface area contributed by atoms with E-state index < -0.39 is 0 Å². The minimum atomic E-state index is -0.135. The zero-order valence-corrected chi connectivity index (χ0v) is 13.1. The van der Waals surface area contributed by atoms with Gasteiger partial charge in [0, 0.05) is 30.4 Å². The number of hydrogen-bond donors (Lipinski definition) is 2. The molecule has 0 spiro atoms. The van der Waals surface area contributed by atoms with Crippen molar-refractivity contribution < 1.29 is 4.79 Å². The summed E-state index contributed by atoms with van der Waals surface area (Å²) in [5, 5.41) is 3.49. The highest BCUT2D eigenvalue weighted by Crippen LogP contribution is 2.32. The van der Waals surface area contributed by atoms with Gasteiger partial charge in [0.15, 0.2) is 0 Å². The van der Waals surface area contributed by atoms with Gasteiger partial charge in [-0.25, -0.2) is 4.98 Å². The number of nitrogens with two attached hydrogens (primary N) is 1. The lowest BCUT2D eigenvalue weighted by atomic mass is 10.2. The van der Waals surface area contributed by atoms with E-state index in [0.29, 0.717) is 34.3 Å².